The van der Waals surface area contributed by atoms with Crippen LogP contribution in [0, 0.1) is 10.1 Å². The van der Waals surface area contributed by atoms with E-state index in [9.17, 15) is 19.7 Å². The first-order valence-electron chi connectivity index (χ1n) is 13.3. The molecule has 0 saturated carbocycles. The third-order valence-corrected chi connectivity index (χ3v) is 8.02. The summed E-state index contributed by atoms with van der Waals surface area (Å²) in [5.41, 5.74) is 1.75. The van der Waals surface area contributed by atoms with Gasteiger partial charge in [0.25, 0.3) is 11.2 Å². The van der Waals surface area contributed by atoms with Crippen LogP contribution in [-0.4, -0.2) is 69.2 Å². The fraction of sp³-hybridized carbons (Fsp3) is 0.345. The van der Waals surface area contributed by atoms with Crippen LogP contribution in [0.5, 0.6) is 5.75 Å². The molecular weight excluding hydrogens is 564 g/mol. The summed E-state index contributed by atoms with van der Waals surface area (Å²) in [4.78, 5) is 45.7. The van der Waals surface area contributed by atoms with Crippen molar-refractivity contribution in [2.75, 3.05) is 58.6 Å². The molecule has 2 aliphatic rings. The third-order valence-electron chi connectivity index (χ3n) is 7.04. The Bertz CT molecular complexity index is 1720. The van der Waals surface area contributed by atoms with Gasteiger partial charge in [-0.2, -0.15) is 0 Å². The summed E-state index contributed by atoms with van der Waals surface area (Å²) in [6.45, 7) is 4.04. The van der Waals surface area contributed by atoms with E-state index in [1.165, 1.54) is 24.9 Å². The average molecular weight is 595 g/mol. The number of anilines is 1. The number of ether oxygens (including phenoxy) is 4. The van der Waals surface area contributed by atoms with Crippen LogP contribution < -0.4 is 24.5 Å². The highest BCUT2D eigenvalue weighted by atomic mass is 32.1. The summed E-state index contributed by atoms with van der Waals surface area (Å²) >= 11 is 1.14. The maximum atomic E-state index is 14.0. The largest absolute Gasteiger partial charge is 0.496 e. The Morgan fingerprint density at radius 3 is 2.67 bits per heavy atom. The first-order chi connectivity index (χ1) is 20.3. The van der Waals surface area contributed by atoms with Crippen LogP contribution >= 0.6 is 11.3 Å². The van der Waals surface area contributed by atoms with Crippen LogP contribution in [0.25, 0.3) is 6.08 Å². The van der Waals surface area contributed by atoms with Gasteiger partial charge >= 0.3 is 5.97 Å². The van der Waals surface area contributed by atoms with Gasteiger partial charge in [-0.1, -0.05) is 35.6 Å². The molecule has 3 aromatic rings. The quantitative estimate of drug-likeness (QED) is 0.158. The highest BCUT2D eigenvalue weighted by molar-refractivity contribution is 7.07. The molecule has 0 radical (unpaired) electrons. The molecule has 220 valence electrons. The van der Waals surface area contributed by atoms with Crippen molar-refractivity contribution in [1.82, 2.24) is 4.57 Å². The smallest absolute Gasteiger partial charge is 0.338 e. The van der Waals surface area contributed by atoms with Gasteiger partial charge in [0.2, 0.25) is 0 Å². The number of carbonyl (C=O) groups is 1. The first-order valence-corrected chi connectivity index (χ1v) is 14.1. The molecule has 12 nitrogen and oxygen atoms in total. The van der Waals surface area contributed by atoms with Crippen molar-refractivity contribution < 1.29 is 28.7 Å². The van der Waals surface area contributed by atoms with Gasteiger partial charge in [-0.3, -0.25) is 19.5 Å². The monoisotopic (exact) mass is 594 g/mol. The number of nitro benzene ring substituents is 1. The number of thiazole rings is 1. The Balaban J connectivity index is 1.63. The fourth-order valence-electron chi connectivity index (χ4n) is 5.06. The minimum atomic E-state index is -0.868. The number of methoxy groups -OCH3 is 2. The SMILES string of the molecule is COCCOC(=O)C1=C(C)N=c2sc(=Cc3ccc(N4CCOCC4)c([N+](=O)[O-])c3)c(=O)n2C1c1ccccc1OC. The Morgan fingerprint density at radius 1 is 1.19 bits per heavy atom. The molecule has 3 heterocycles. The molecule has 1 atom stereocenters. The third kappa shape index (κ3) is 5.71. The number of para-hydroxylation sites is 1. The molecule has 2 aromatic carbocycles. The molecule has 0 aliphatic carbocycles. The molecular formula is C29H30N4O8S. The van der Waals surface area contributed by atoms with E-state index < -0.39 is 22.5 Å². The zero-order valence-corrected chi connectivity index (χ0v) is 24.2. The summed E-state index contributed by atoms with van der Waals surface area (Å²) in [5, 5.41) is 12.0. The number of hydrogen-bond donors (Lipinski definition) is 0. The minimum absolute atomic E-state index is 0.0361. The second-order valence-electron chi connectivity index (χ2n) is 9.56. The number of carbonyl (C=O) groups excluding carboxylic acids is 1. The van der Waals surface area contributed by atoms with Gasteiger partial charge in [0, 0.05) is 31.8 Å². The lowest BCUT2D eigenvalue weighted by Gasteiger charge is -2.28. The van der Waals surface area contributed by atoms with Gasteiger partial charge in [0.1, 0.15) is 24.1 Å². The number of allylic oxidation sites excluding steroid dienone is 1. The Hall–Kier alpha value is -4.33. The van der Waals surface area contributed by atoms with Crippen LogP contribution in [0.3, 0.4) is 0 Å². The number of benzene rings is 2. The van der Waals surface area contributed by atoms with Crippen LogP contribution in [0.15, 0.2) is 63.5 Å². The van der Waals surface area contributed by atoms with Crippen LogP contribution in [0.2, 0.25) is 0 Å². The molecule has 5 rings (SSSR count). The van der Waals surface area contributed by atoms with Crippen molar-refractivity contribution in [2.45, 2.75) is 13.0 Å². The van der Waals surface area contributed by atoms with Crippen molar-refractivity contribution in [3.8, 4) is 5.75 Å². The molecule has 0 spiro atoms. The summed E-state index contributed by atoms with van der Waals surface area (Å²) in [6.07, 6.45) is 1.61. The van der Waals surface area contributed by atoms with Gasteiger partial charge in [0.15, 0.2) is 4.80 Å². The number of nitro groups is 1. The number of fused-ring (bicyclic) bond motifs is 1. The zero-order chi connectivity index (χ0) is 29.8. The van der Waals surface area contributed by atoms with E-state index in [0.29, 0.717) is 63.9 Å². The molecule has 0 N–H and O–H groups in total. The lowest BCUT2D eigenvalue weighted by Crippen LogP contribution is -2.40. The van der Waals surface area contributed by atoms with E-state index in [0.717, 1.165) is 11.3 Å². The van der Waals surface area contributed by atoms with E-state index in [1.54, 1.807) is 49.4 Å². The van der Waals surface area contributed by atoms with Crippen molar-refractivity contribution in [3.63, 3.8) is 0 Å². The minimum Gasteiger partial charge on any atom is -0.496 e. The van der Waals surface area contributed by atoms with Crippen molar-refractivity contribution in [3.05, 3.63) is 94.7 Å². The molecule has 1 saturated heterocycles. The summed E-state index contributed by atoms with van der Waals surface area (Å²) in [5.74, 6) is -0.129. The normalized spacial score (nSPS) is 17.1. The van der Waals surface area contributed by atoms with E-state index in [4.69, 9.17) is 18.9 Å². The maximum Gasteiger partial charge on any atom is 0.338 e. The van der Waals surface area contributed by atoms with Gasteiger partial charge < -0.3 is 23.8 Å². The predicted octanol–water partition coefficient (Wildman–Crippen LogP) is 2.18. The van der Waals surface area contributed by atoms with Crippen molar-refractivity contribution >= 4 is 34.8 Å². The van der Waals surface area contributed by atoms with Gasteiger partial charge in [0.05, 0.1) is 47.7 Å². The molecule has 0 amide bonds. The molecule has 13 heteroatoms. The molecule has 1 aromatic heterocycles. The zero-order valence-electron chi connectivity index (χ0n) is 23.4. The highest BCUT2D eigenvalue weighted by Gasteiger charge is 2.35. The Morgan fingerprint density at radius 2 is 1.95 bits per heavy atom. The highest BCUT2D eigenvalue weighted by Crippen LogP contribution is 2.36. The topological polar surface area (TPSA) is 135 Å². The lowest BCUT2D eigenvalue weighted by atomic mass is 9.95. The lowest BCUT2D eigenvalue weighted by molar-refractivity contribution is -0.384. The molecule has 2 aliphatic heterocycles. The average Bonchev–Trinajstić information content (AvgIpc) is 3.30. The number of nitrogens with zero attached hydrogens (tertiary/aromatic N) is 4. The standard InChI is InChI=1S/C29H30N4O8S/c1-18-25(28(35)41-15-14-38-2)26(20-6-4-5-7-23(20)39-3)32-27(34)24(42-29(32)30-18)17-19-8-9-21(22(16-19)33(36)37)31-10-12-40-13-11-31/h4-9,16-17,26H,10-15H2,1-3H3. The maximum absolute atomic E-state index is 14.0. The molecule has 0 bridgehead atoms. The van der Waals surface area contributed by atoms with Crippen LogP contribution in [0.4, 0.5) is 11.4 Å². The number of morpholine rings is 1. The van der Waals surface area contributed by atoms with Crippen molar-refractivity contribution in [1.29, 1.82) is 0 Å². The second-order valence-corrected chi connectivity index (χ2v) is 10.6. The van der Waals surface area contributed by atoms with E-state index >= 15 is 0 Å². The Kier molecular flexibility index (Phi) is 8.80. The number of esters is 1. The van der Waals surface area contributed by atoms with Crippen LogP contribution in [-0.2, 0) is 19.0 Å². The second kappa shape index (κ2) is 12.7. The molecule has 42 heavy (non-hydrogen) atoms. The number of rotatable bonds is 9. The summed E-state index contributed by atoms with van der Waals surface area (Å²) in [6, 6.07) is 11.2. The fourth-order valence-corrected chi connectivity index (χ4v) is 6.11. The molecule has 1 unspecified atom stereocenters. The van der Waals surface area contributed by atoms with Crippen molar-refractivity contribution in [2.24, 2.45) is 4.99 Å². The van der Waals surface area contributed by atoms with E-state index in [-0.39, 0.29) is 24.5 Å². The molecule has 1 fully saturated rings. The van der Waals surface area contributed by atoms with Gasteiger partial charge in [-0.25, -0.2) is 9.79 Å². The first kappa shape index (κ1) is 29.2. The van der Waals surface area contributed by atoms with Gasteiger partial charge in [-0.15, -0.1) is 0 Å². The van der Waals surface area contributed by atoms with E-state index in [1.807, 2.05) is 4.90 Å². The van der Waals surface area contributed by atoms with E-state index in [2.05, 4.69) is 4.99 Å². The van der Waals surface area contributed by atoms with Gasteiger partial charge in [-0.05, 0) is 30.7 Å². The van der Waals surface area contributed by atoms with Crippen LogP contribution in [0.1, 0.15) is 24.1 Å². The summed E-state index contributed by atoms with van der Waals surface area (Å²) < 4.78 is 23.2. The summed E-state index contributed by atoms with van der Waals surface area (Å²) in [7, 11) is 3.02. The number of aromatic nitrogens is 1. The number of hydrogen-bond acceptors (Lipinski definition) is 11. The predicted molar refractivity (Wildman–Crippen MR) is 156 cm³/mol. The Labute approximate surface area is 244 Å².